The Bertz CT molecular complexity index is 451. The van der Waals surface area contributed by atoms with Gasteiger partial charge in [0.15, 0.2) is 0 Å². The molecule has 4 heteroatoms. The standard InChI is InChI=1S/C15H20O4/c1-4-5-6-7-11-8-9-12(14(16)18-2)13(10-11)15(17)19-3/h8-10H,4-7H2,1-3H3. The van der Waals surface area contributed by atoms with E-state index in [0.717, 1.165) is 31.2 Å². The van der Waals surface area contributed by atoms with Crippen LogP contribution in [0, 0.1) is 0 Å². The first-order chi connectivity index (χ1) is 9.13. The number of aryl methyl sites for hydroxylation is 1. The van der Waals surface area contributed by atoms with Crippen LogP contribution in [0.5, 0.6) is 0 Å². The van der Waals surface area contributed by atoms with Gasteiger partial charge in [0.25, 0.3) is 0 Å². The third-order valence-corrected chi connectivity index (χ3v) is 2.96. The van der Waals surface area contributed by atoms with Crippen molar-refractivity contribution in [1.29, 1.82) is 0 Å². The Balaban J connectivity index is 3.01. The summed E-state index contributed by atoms with van der Waals surface area (Å²) in [6, 6.07) is 5.20. The maximum atomic E-state index is 11.7. The van der Waals surface area contributed by atoms with Gasteiger partial charge in [-0.25, -0.2) is 9.59 Å². The summed E-state index contributed by atoms with van der Waals surface area (Å²) in [4.78, 5) is 23.3. The molecule has 0 heterocycles. The van der Waals surface area contributed by atoms with Gasteiger partial charge in [0.05, 0.1) is 25.3 Å². The van der Waals surface area contributed by atoms with E-state index in [0.29, 0.717) is 0 Å². The van der Waals surface area contributed by atoms with Gasteiger partial charge < -0.3 is 9.47 Å². The summed E-state index contributed by atoms with van der Waals surface area (Å²) < 4.78 is 9.37. The summed E-state index contributed by atoms with van der Waals surface area (Å²) in [6.07, 6.45) is 4.24. The molecule has 0 atom stereocenters. The molecule has 0 unspecified atom stereocenters. The van der Waals surface area contributed by atoms with E-state index >= 15 is 0 Å². The first kappa shape index (κ1) is 15.2. The molecule has 0 bridgehead atoms. The van der Waals surface area contributed by atoms with E-state index in [2.05, 4.69) is 11.7 Å². The Morgan fingerprint density at radius 3 is 2.21 bits per heavy atom. The van der Waals surface area contributed by atoms with Crippen molar-refractivity contribution in [2.24, 2.45) is 0 Å². The Morgan fingerprint density at radius 1 is 1.00 bits per heavy atom. The molecule has 0 aliphatic carbocycles. The zero-order valence-electron chi connectivity index (χ0n) is 11.7. The summed E-state index contributed by atoms with van der Waals surface area (Å²) in [7, 11) is 2.59. The third-order valence-electron chi connectivity index (χ3n) is 2.96. The lowest BCUT2D eigenvalue weighted by atomic mass is 10.00. The minimum absolute atomic E-state index is 0.244. The molecule has 1 rings (SSSR count). The van der Waals surface area contributed by atoms with E-state index in [1.807, 2.05) is 6.07 Å². The number of esters is 2. The Morgan fingerprint density at radius 2 is 1.63 bits per heavy atom. The van der Waals surface area contributed by atoms with E-state index < -0.39 is 11.9 Å². The van der Waals surface area contributed by atoms with Crippen LogP contribution in [0.1, 0.15) is 52.5 Å². The highest BCUT2D eigenvalue weighted by atomic mass is 16.5. The fraction of sp³-hybridized carbons (Fsp3) is 0.467. The summed E-state index contributed by atoms with van der Waals surface area (Å²) in [5.41, 5.74) is 1.54. The molecule has 1 aromatic rings. The van der Waals surface area contributed by atoms with E-state index in [1.54, 1.807) is 12.1 Å². The molecular weight excluding hydrogens is 244 g/mol. The average Bonchev–Trinajstić information content (AvgIpc) is 2.45. The number of hydrogen-bond acceptors (Lipinski definition) is 4. The van der Waals surface area contributed by atoms with Gasteiger partial charge in [-0.3, -0.25) is 0 Å². The monoisotopic (exact) mass is 264 g/mol. The second-order valence-corrected chi connectivity index (χ2v) is 4.32. The normalized spacial score (nSPS) is 10.1. The molecule has 4 nitrogen and oxygen atoms in total. The number of carbonyl (C=O) groups is 2. The molecule has 0 saturated carbocycles. The van der Waals surface area contributed by atoms with Gasteiger partial charge in [0.1, 0.15) is 0 Å². The van der Waals surface area contributed by atoms with Crippen LogP contribution in [0.25, 0.3) is 0 Å². The van der Waals surface area contributed by atoms with Gasteiger partial charge in [-0.05, 0) is 30.5 Å². The number of hydrogen-bond donors (Lipinski definition) is 0. The Labute approximate surface area is 113 Å². The molecule has 0 aliphatic rings. The van der Waals surface area contributed by atoms with Crippen LogP contribution in [0.3, 0.4) is 0 Å². The van der Waals surface area contributed by atoms with Gasteiger partial charge in [-0.15, -0.1) is 0 Å². The molecule has 104 valence electrons. The predicted molar refractivity (Wildman–Crippen MR) is 72.4 cm³/mol. The second kappa shape index (κ2) is 7.56. The highest BCUT2D eigenvalue weighted by Gasteiger charge is 2.18. The van der Waals surface area contributed by atoms with Gasteiger partial charge >= 0.3 is 11.9 Å². The summed E-state index contributed by atoms with van der Waals surface area (Å²) >= 11 is 0. The van der Waals surface area contributed by atoms with Crippen LogP contribution in [0.2, 0.25) is 0 Å². The SMILES string of the molecule is CCCCCc1ccc(C(=O)OC)c(C(=O)OC)c1. The van der Waals surface area contributed by atoms with Crippen LogP contribution in [0.15, 0.2) is 18.2 Å². The van der Waals surface area contributed by atoms with Crippen molar-refractivity contribution in [2.45, 2.75) is 32.6 Å². The minimum Gasteiger partial charge on any atom is -0.465 e. The number of carbonyl (C=O) groups excluding carboxylic acids is 2. The molecule has 0 aromatic heterocycles. The summed E-state index contributed by atoms with van der Waals surface area (Å²) in [5.74, 6) is -1.04. The van der Waals surface area contributed by atoms with Crippen molar-refractivity contribution in [3.63, 3.8) is 0 Å². The van der Waals surface area contributed by atoms with Gasteiger partial charge in [0.2, 0.25) is 0 Å². The van der Waals surface area contributed by atoms with E-state index in [-0.39, 0.29) is 11.1 Å². The highest BCUT2D eigenvalue weighted by molar-refractivity contribution is 6.03. The molecular formula is C15H20O4. The predicted octanol–water partition coefficient (Wildman–Crippen LogP) is 2.99. The number of benzene rings is 1. The van der Waals surface area contributed by atoms with E-state index in [4.69, 9.17) is 4.74 Å². The van der Waals surface area contributed by atoms with E-state index in [9.17, 15) is 9.59 Å². The lowest BCUT2D eigenvalue weighted by Crippen LogP contribution is -2.12. The minimum atomic E-state index is -0.527. The lowest BCUT2D eigenvalue weighted by Gasteiger charge is -2.09. The van der Waals surface area contributed by atoms with E-state index in [1.165, 1.54) is 14.2 Å². The lowest BCUT2D eigenvalue weighted by molar-refractivity contribution is 0.0555. The van der Waals surface area contributed by atoms with Crippen molar-refractivity contribution < 1.29 is 19.1 Å². The fourth-order valence-electron chi connectivity index (χ4n) is 1.89. The first-order valence-corrected chi connectivity index (χ1v) is 6.43. The molecule has 0 N–H and O–H groups in total. The van der Waals surface area contributed by atoms with Gasteiger partial charge in [-0.1, -0.05) is 25.8 Å². The Kier molecular flexibility index (Phi) is 6.06. The van der Waals surface area contributed by atoms with Crippen molar-refractivity contribution in [1.82, 2.24) is 0 Å². The number of unbranched alkanes of at least 4 members (excludes halogenated alkanes) is 2. The van der Waals surface area contributed by atoms with Gasteiger partial charge in [-0.2, -0.15) is 0 Å². The van der Waals surface area contributed by atoms with Crippen LogP contribution in [0.4, 0.5) is 0 Å². The molecule has 0 radical (unpaired) electrons. The molecule has 0 fully saturated rings. The second-order valence-electron chi connectivity index (χ2n) is 4.32. The average molecular weight is 264 g/mol. The van der Waals surface area contributed by atoms with Gasteiger partial charge in [0, 0.05) is 0 Å². The molecule has 0 saturated heterocycles. The molecule has 19 heavy (non-hydrogen) atoms. The maximum absolute atomic E-state index is 11.7. The topological polar surface area (TPSA) is 52.6 Å². The van der Waals surface area contributed by atoms with Crippen molar-refractivity contribution in [2.75, 3.05) is 14.2 Å². The molecule has 0 spiro atoms. The summed E-state index contributed by atoms with van der Waals surface area (Å²) in [6.45, 7) is 2.14. The van der Waals surface area contributed by atoms with Crippen molar-refractivity contribution >= 4 is 11.9 Å². The number of ether oxygens (including phenoxy) is 2. The first-order valence-electron chi connectivity index (χ1n) is 6.43. The third kappa shape index (κ3) is 4.09. The summed E-state index contributed by atoms with van der Waals surface area (Å²) in [5, 5.41) is 0. The smallest absolute Gasteiger partial charge is 0.338 e. The fourth-order valence-corrected chi connectivity index (χ4v) is 1.89. The highest BCUT2D eigenvalue weighted by Crippen LogP contribution is 2.16. The Hall–Kier alpha value is -1.84. The molecule has 1 aromatic carbocycles. The maximum Gasteiger partial charge on any atom is 0.338 e. The van der Waals surface area contributed by atoms with Crippen LogP contribution >= 0.6 is 0 Å². The van der Waals surface area contributed by atoms with Crippen LogP contribution in [-0.4, -0.2) is 26.2 Å². The van der Waals surface area contributed by atoms with Crippen molar-refractivity contribution in [3.05, 3.63) is 34.9 Å². The van der Waals surface area contributed by atoms with Crippen LogP contribution in [-0.2, 0) is 15.9 Å². The van der Waals surface area contributed by atoms with Crippen molar-refractivity contribution in [3.8, 4) is 0 Å². The quantitative estimate of drug-likeness (QED) is 0.585. The number of methoxy groups -OCH3 is 2. The van der Waals surface area contributed by atoms with Crippen LogP contribution < -0.4 is 0 Å². The zero-order valence-corrected chi connectivity index (χ0v) is 11.7. The molecule has 0 amide bonds. The largest absolute Gasteiger partial charge is 0.465 e. The zero-order chi connectivity index (χ0) is 14.3. The number of rotatable bonds is 6. The molecule has 0 aliphatic heterocycles.